The number of amides is 1. The molecule has 0 spiro atoms. The highest BCUT2D eigenvalue weighted by Gasteiger charge is 2.19. The molecule has 2 aromatic heterocycles. The van der Waals surface area contributed by atoms with E-state index in [2.05, 4.69) is 9.47 Å². The Bertz CT molecular complexity index is 575. The summed E-state index contributed by atoms with van der Waals surface area (Å²) in [5.41, 5.74) is 12.2. The molecule has 2 aromatic rings. The van der Waals surface area contributed by atoms with Crippen LogP contribution >= 0.6 is 11.5 Å². The van der Waals surface area contributed by atoms with Crippen LogP contribution in [0.5, 0.6) is 0 Å². The van der Waals surface area contributed by atoms with Gasteiger partial charge in [-0.2, -0.15) is 9.47 Å². The molecule has 0 aliphatic heterocycles. The summed E-state index contributed by atoms with van der Waals surface area (Å²) in [5, 5.41) is 4.76. The van der Waals surface area contributed by atoms with E-state index in [4.69, 9.17) is 11.5 Å². The van der Waals surface area contributed by atoms with Gasteiger partial charge in [-0.15, -0.1) is 0 Å². The predicted octanol–water partition coefficient (Wildman–Crippen LogP) is 0.194. The maximum absolute atomic E-state index is 11.3. The highest BCUT2D eigenvalue weighted by atomic mass is 32.1. The first kappa shape index (κ1) is 12.4. The number of anilines is 2. The molecule has 0 fully saturated rings. The highest BCUT2D eigenvalue weighted by molar-refractivity contribution is 7.11. The van der Waals surface area contributed by atoms with E-state index in [0.29, 0.717) is 11.5 Å². The van der Waals surface area contributed by atoms with Gasteiger partial charge in [0.2, 0.25) is 0 Å². The molecule has 0 aliphatic rings. The maximum atomic E-state index is 11.3. The summed E-state index contributed by atoms with van der Waals surface area (Å²) in [6.07, 6.45) is 3.68. The third-order valence-corrected chi connectivity index (χ3v) is 3.45. The summed E-state index contributed by atoms with van der Waals surface area (Å²) >= 11 is 1.16. The average Bonchev–Trinajstić information content (AvgIpc) is 2.84. The summed E-state index contributed by atoms with van der Waals surface area (Å²) < 4.78 is 5.68. The molecule has 0 atom stereocenters. The van der Waals surface area contributed by atoms with Crippen LogP contribution in [-0.2, 0) is 13.6 Å². The highest BCUT2D eigenvalue weighted by Crippen LogP contribution is 2.30. The molecule has 8 heteroatoms. The fourth-order valence-corrected chi connectivity index (χ4v) is 2.46. The van der Waals surface area contributed by atoms with E-state index in [-0.39, 0.29) is 11.4 Å². The topological polar surface area (TPSA) is 103 Å². The molecule has 7 nitrogen and oxygen atoms in total. The molecule has 0 aliphatic carbocycles. The van der Waals surface area contributed by atoms with Gasteiger partial charge in [-0.1, -0.05) is 0 Å². The maximum Gasteiger partial charge on any atom is 0.255 e. The van der Waals surface area contributed by atoms with Gasteiger partial charge in [0, 0.05) is 32.4 Å². The Morgan fingerprint density at radius 3 is 2.89 bits per heavy atom. The summed E-state index contributed by atoms with van der Waals surface area (Å²) in [4.78, 5) is 13.2. The lowest BCUT2D eigenvalue weighted by molar-refractivity contribution is 0.100. The molecule has 96 valence electrons. The Balaban J connectivity index is 2.23. The molecular formula is C10H14N6OS. The number of carbonyl (C=O) groups is 1. The smallest absolute Gasteiger partial charge is 0.255 e. The number of rotatable bonds is 4. The molecule has 1 amide bonds. The largest absolute Gasteiger partial charge is 0.382 e. The third-order valence-electron chi connectivity index (χ3n) is 2.47. The lowest BCUT2D eigenvalue weighted by Crippen LogP contribution is -2.20. The molecule has 0 unspecified atom stereocenters. The zero-order valence-electron chi connectivity index (χ0n) is 10.1. The first-order chi connectivity index (χ1) is 8.49. The Morgan fingerprint density at radius 1 is 1.61 bits per heavy atom. The number of aryl methyl sites for hydroxylation is 1. The van der Waals surface area contributed by atoms with E-state index in [1.165, 1.54) is 0 Å². The number of hydrogen-bond donors (Lipinski definition) is 2. The Hall–Kier alpha value is -2.09. The van der Waals surface area contributed by atoms with E-state index >= 15 is 0 Å². The zero-order chi connectivity index (χ0) is 13.3. The fraction of sp³-hybridized carbons (Fsp3) is 0.300. The van der Waals surface area contributed by atoms with Crippen molar-refractivity contribution in [2.45, 2.75) is 6.54 Å². The minimum Gasteiger partial charge on any atom is -0.382 e. The number of primary amides is 1. The van der Waals surface area contributed by atoms with Crippen LogP contribution in [0.3, 0.4) is 0 Å². The van der Waals surface area contributed by atoms with Crippen molar-refractivity contribution in [1.82, 2.24) is 14.2 Å². The van der Waals surface area contributed by atoms with Crippen LogP contribution < -0.4 is 16.4 Å². The number of hydrogen-bond acceptors (Lipinski definition) is 6. The van der Waals surface area contributed by atoms with Crippen molar-refractivity contribution in [2.75, 3.05) is 17.7 Å². The van der Waals surface area contributed by atoms with Gasteiger partial charge in [-0.25, -0.2) is 0 Å². The summed E-state index contributed by atoms with van der Waals surface area (Å²) in [7, 11) is 3.70. The summed E-state index contributed by atoms with van der Waals surface area (Å²) in [5.74, 6) is -0.380. The second kappa shape index (κ2) is 4.65. The Labute approximate surface area is 108 Å². The quantitative estimate of drug-likeness (QED) is 0.822. The van der Waals surface area contributed by atoms with Crippen molar-refractivity contribution < 1.29 is 4.79 Å². The standard InChI is InChI=1S/C10H14N6OS/c1-15(4-6-3-13-16(2)5-6)10-7(9(12)17)8(11)14-18-10/h3,5H,4H2,1-2H3,(H2,11,14)(H2,12,17). The number of carbonyl (C=O) groups excluding carboxylic acids is 1. The lowest BCUT2D eigenvalue weighted by Gasteiger charge is -2.16. The van der Waals surface area contributed by atoms with Crippen molar-refractivity contribution in [1.29, 1.82) is 0 Å². The number of nitrogens with two attached hydrogens (primary N) is 2. The van der Waals surface area contributed by atoms with Gasteiger partial charge < -0.3 is 16.4 Å². The third kappa shape index (κ3) is 2.28. The summed E-state index contributed by atoms with van der Waals surface area (Å²) in [6, 6.07) is 0. The minimum atomic E-state index is -0.561. The van der Waals surface area contributed by atoms with Crippen LogP contribution in [0.2, 0.25) is 0 Å². The Kier molecular flexibility index (Phi) is 3.19. The monoisotopic (exact) mass is 266 g/mol. The predicted molar refractivity (Wildman–Crippen MR) is 70.4 cm³/mol. The van der Waals surface area contributed by atoms with E-state index in [1.807, 2.05) is 25.2 Å². The van der Waals surface area contributed by atoms with Crippen molar-refractivity contribution >= 4 is 28.3 Å². The summed E-state index contributed by atoms with van der Waals surface area (Å²) in [6.45, 7) is 0.607. The van der Waals surface area contributed by atoms with Crippen LogP contribution in [0.15, 0.2) is 12.4 Å². The number of aromatic nitrogens is 3. The zero-order valence-corrected chi connectivity index (χ0v) is 10.9. The first-order valence-electron chi connectivity index (χ1n) is 5.22. The molecule has 2 heterocycles. The van der Waals surface area contributed by atoms with Crippen molar-refractivity contribution in [3.63, 3.8) is 0 Å². The normalized spacial score (nSPS) is 10.6. The van der Waals surface area contributed by atoms with Gasteiger partial charge in [0.1, 0.15) is 10.6 Å². The van der Waals surface area contributed by atoms with Crippen molar-refractivity contribution in [3.8, 4) is 0 Å². The van der Waals surface area contributed by atoms with E-state index in [0.717, 1.165) is 17.1 Å². The van der Waals surface area contributed by atoms with Gasteiger partial charge in [0.25, 0.3) is 5.91 Å². The number of nitrogen functional groups attached to an aromatic ring is 1. The molecular weight excluding hydrogens is 252 g/mol. The lowest BCUT2D eigenvalue weighted by atomic mass is 10.2. The first-order valence-corrected chi connectivity index (χ1v) is 6.00. The van der Waals surface area contributed by atoms with Gasteiger partial charge in [0.15, 0.2) is 5.82 Å². The molecule has 0 saturated heterocycles. The van der Waals surface area contributed by atoms with Crippen LogP contribution in [0.1, 0.15) is 15.9 Å². The van der Waals surface area contributed by atoms with Crippen LogP contribution in [0.4, 0.5) is 10.8 Å². The van der Waals surface area contributed by atoms with Crippen molar-refractivity contribution in [2.24, 2.45) is 12.8 Å². The Morgan fingerprint density at radius 2 is 2.33 bits per heavy atom. The van der Waals surface area contributed by atoms with Crippen LogP contribution in [-0.4, -0.2) is 27.1 Å². The SMILES string of the molecule is CN(Cc1cnn(C)c1)c1snc(N)c1C(N)=O. The van der Waals surface area contributed by atoms with E-state index in [9.17, 15) is 4.79 Å². The molecule has 4 N–H and O–H groups in total. The van der Waals surface area contributed by atoms with Gasteiger partial charge in [-0.3, -0.25) is 9.48 Å². The van der Waals surface area contributed by atoms with E-state index in [1.54, 1.807) is 10.9 Å². The molecule has 0 aromatic carbocycles. The average molecular weight is 266 g/mol. The van der Waals surface area contributed by atoms with Gasteiger partial charge in [-0.05, 0) is 11.5 Å². The number of nitrogens with zero attached hydrogens (tertiary/aromatic N) is 4. The molecule has 2 rings (SSSR count). The second-order valence-corrected chi connectivity index (χ2v) is 4.74. The molecule has 0 bridgehead atoms. The molecule has 0 radical (unpaired) electrons. The van der Waals surface area contributed by atoms with Crippen LogP contribution in [0.25, 0.3) is 0 Å². The van der Waals surface area contributed by atoms with Crippen molar-refractivity contribution in [3.05, 3.63) is 23.5 Å². The molecule has 0 saturated carbocycles. The fourth-order valence-electron chi connectivity index (χ4n) is 1.68. The van der Waals surface area contributed by atoms with Crippen LogP contribution in [0, 0.1) is 0 Å². The van der Waals surface area contributed by atoms with Gasteiger partial charge >= 0.3 is 0 Å². The van der Waals surface area contributed by atoms with Gasteiger partial charge in [0.05, 0.1) is 6.20 Å². The molecule has 18 heavy (non-hydrogen) atoms. The second-order valence-electron chi connectivity index (χ2n) is 3.99. The minimum absolute atomic E-state index is 0.181. The van der Waals surface area contributed by atoms with E-state index < -0.39 is 5.91 Å².